The molecular weight excluding hydrogens is 646 g/mol. The van der Waals surface area contributed by atoms with Crippen LogP contribution in [0.3, 0.4) is 0 Å². The number of aryl methyl sites for hydroxylation is 3. The second-order valence-corrected chi connectivity index (χ2v) is 11.6. The Bertz CT molecular complexity index is 1820. The number of carbonyl (C=O) groups excluding carboxylic acids is 2. The molecule has 5 aromatic carbocycles. The number of Topliss-reactive ketones (excluding diaryl/α,β-unsaturated/α-hetero) is 1. The molecule has 5 aromatic rings. The topological polar surface area (TPSA) is 146 Å². The second kappa shape index (κ2) is 20.0. The van der Waals surface area contributed by atoms with Crippen molar-refractivity contribution in [1.29, 1.82) is 0 Å². The Morgan fingerprint density at radius 3 is 1.84 bits per heavy atom. The van der Waals surface area contributed by atoms with E-state index in [4.69, 9.17) is 9.47 Å². The van der Waals surface area contributed by atoms with E-state index in [9.17, 15) is 30.0 Å². The summed E-state index contributed by atoms with van der Waals surface area (Å²) < 4.78 is 11.0. The summed E-state index contributed by atoms with van der Waals surface area (Å²) in [5.41, 5.74) is 4.80. The monoisotopic (exact) mass is 695 g/mol. The molecule has 0 aromatic heterocycles. The molecule has 1 atom stereocenters. The molecule has 9 nitrogen and oxygen atoms in total. The molecule has 0 aliphatic heterocycles. The van der Waals surface area contributed by atoms with Crippen molar-refractivity contribution in [3.63, 3.8) is 0 Å². The molecule has 5 N–H and O–H groups in total. The average Bonchev–Trinajstić information content (AvgIpc) is 3.10. The quantitative estimate of drug-likeness (QED) is 0.0716. The number of rotatable bonds is 10. The van der Waals surface area contributed by atoms with Crippen LogP contribution in [-0.4, -0.2) is 52.7 Å². The van der Waals surface area contributed by atoms with Crippen LogP contribution in [0.2, 0.25) is 0 Å². The van der Waals surface area contributed by atoms with Crippen molar-refractivity contribution in [3.05, 3.63) is 142 Å². The lowest BCUT2D eigenvalue weighted by Gasteiger charge is -2.20. The van der Waals surface area contributed by atoms with E-state index in [0.717, 1.165) is 24.3 Å². The second-order valence-electron chi connectivity index (χ2n) is 11.6. The Labute approximate surface area is 300 Å². The number of aromatic hydroxyl groups is 4. The van der Waals surface area contributed by atoms with E-state index < -0.39 is 5.78 Å². The van der Waals surface area contributed by atoms with Gasteiger partial charge in [-0.15, -0.1) is 0 Å². The minimum Gasteiger partial charge on any atom is -0.507 e. The fourth-order valence-electron chi connectivity index (χ4n) is 4.91. The Balaban J connectivity index is 0.000000267. The fraction of sp³-hybridized carbons (Fsp3) is 0.238. The Kier molecular flexibility index (Phi) is 16.2. The van der Waals surface area contributed by atoms with Crippen molar-refractivity contribution in [2.75, 3.05) is 20.7 Å². The van der Waals surface area contributed by atoms with Gasteiger partial charge in [0.25, 0.3) is 0 Å². The van der Waals surface area contributed by atoms with E-state index in [-0.39, 0.29) is 47.9 Å². The molecule has 0 amide bonds. The van der Waals surface area contributed by atoms with E-state index in [2.05, 4.69) is 42.6 Å². The molecule has 1 unspecified atom stereocenters. The van der Waals surface area contributed by atoms with Crippen LogP contribution in [0.1, 0.15) is 75.4 Å². The van der Waals surface area contributed by atoms with Gasteiger partial charge in [-0.2, -0.15) is 0 Å². The van der Waals surface area contributed by atoms with Crippen LogP contribution in [0.25, 0.3) is 0 Å². The van der Waals surface area contributed by atoms with Gasteiger partial charge in [0.15, 0.2) is 23.1 Å². The van der Waals surface area contributed by atoms with Crippen molar-refractivity contribution in [2.24, 2.45) is 0 Å². The van der Waals surface area contributed by atoms with Gasteiger partial charge in [0, 0.05) is 29.7 Å². The third kappa shape index (κ3) is 11.9. The van der Waals surface area contributed by atoms with Crippen LogP contribution in [0.15, 0.2) is 103 Å². The fourth-order valence-corrected chi connectivity index (χ4v) is 4.91. The molecule has 0 aliphatic rings. The molecule has 0 saturated carbocycles. The predicted molar refractivity (Wildman–Crippen MR) is 202 cm³/mol. The first-order valence-electron chi connectivity index (χ1n) is 16.0. The largest absolute Gasteiger partial charge is 0.507 e. The standard InChI is InChI=1S/C17H21NO.C15H14O3.C9H10O4.CH4/c1-14-8-6-7-11-16(14)19-17(12-13-18-2)15-9-4-3-5-10-15;1-9-3-5-11(6-4-9)15(18)12-7-10(2)14(17)13(16)8-12;1-5(10)9-7(11)3-6(13-2)4-8(9)12;/h3-11,17-18H,12-13H2,1-2H3;3-8,16-17H,1-2H3;3-4,11-12H,1-2H3;1H4. The van der Waals surface area contributed by atoms with Crippen LogP contribution in [0.5, 0.6) is 34.5 Å². The first-order valence-corrected chi connectivity index (χ1v) is 16.0. The average molecular weight is 696 g/mol. The van der Waals surface area contributed by atoms with Gasteiger partial charge in [0.05, 0.1) is 7.11 Å². The maximum absolute atomic E-state index is 12.2. The summed E-state index contributed by atoms with van der Waals surface area (Å²) in [4.78, 5) is 23.1. The normalized spacial score (nSPS) is 10.6. The highest BCUT2D eigenvalue weighted by molar-refractivity contribution is 6.09. The molecular formula is C42H49NO8. The number of hydrogen-bond donors (Lipinski definition) is 5. The number of para-hydroxylation sites is 1. The maximum atomic E-state index is 12.2. The highest BCUT2D eigenvalue weighted by atomic mass is 16.5. The van der Waals surface area contributed by atoms with E-state index in [1.807, 2.05) is 50.4 Å². The number of phenolic OH excluding ortho intramolecular Hbond substituents is 4. The highest BCUT2D eigenvalue weighted by Gasteiger charge is 2.16. The van der Waals surface area contributed by atoms with Crippen molar-refractivity contribution >= 4 is 11.6 Å². The van der Waals surface area contributed by atoms with Gasteiger partial charge in [0.2, 0.25) is 0 Å². The lowest BCUT2D eigenvalue weighted by Crippen LogP contribution is -2.16. The zero-order valence-corrected chi connectivity index (χ0v) is 29.2. The molecule has 9 heteroatoms. The number of methoxy groups -OCH3 is 1. The Hall–Kier alpha value is -5.80. The lowest BCUT2D eigenvalue weighted by molar-refractivity contribution is 0.101. The van der Waals surface area contributed by atoms with E-state index in [1.165, 1.54) is 43.4 Å². The van der Waals surface area contributed by atoms with E-state index in [0.29, 0.717) is 22.4 Å². The smallest absolute Gasteiger partial charge is 0.193 e. The van der Waals surface area contributed by atoms with Gasteiger partial charge < -0.3 is 35.2 Å². The van der Waals surface area contributed by atoms with Gasteiger partial charge in [-0.25, -0.2) is 0 Å². The summed E-state index contributed by atoms with van der Waals surface area (Å²) in [6.45, 7) is 7.87. The number of nitrogens with one attached hydrogen (secondary N) is 1. The number of phenols is 4. The molecule has 0 fully saturated rings. The van der Waals surface area contributed by atoms with Crippen LogP contribution in [-0.2, 0) is 0 Å². The van der Waals surface area contributed by atoms with Crippen LogP contribution >= 0.6 is 0 Å². The minimum atomic E-state index is -0.391. The van der Waals surface area contributed by atoms with Gasteiger partial charge in [-0.1, -0.05) is 85.8 Å². The summed E-state index contributed by atoms with van der Waals surface area (Å²) in [6, 6.07) is 31.2. The van der Waals surface area contributed by atoms with Crippen LogP contribution in [0.4, 0.5) is 0 Å². The molecule has 0 spiro atoms. The summed E-state index contributed by atoms with van der Waals surface area (Å²) >= 11 is 0. The Morgan fingerprint density at radius 2 is 1.31 bits per heavy atom. The van der Waals surface area contributed by atoms with Crippen LogP contribution in [0, 0.1) is 20.8 Å². The van der Waals surface area contributed by atoms with Gasteiger partial charge in [-0.3, -0.25) is 9.59 Å². The summed E-state index contributed by atoms with van der Waals surface area (Å²) in [6.07, 6.45) is 1.05. The summed E-state index contributed by atoms with van der Waals surface area (Å²) in [5, 5.41) is 40.8. The molecule has 0 heterocycles. The predicted octanol–water partition coefficient (Wildman–Crippen LogP) is 8.62. The van der Waals surface area contributed by atoms with Crippen molar-refractivity contribution in [3.8, 4) is 34.5 Å². The van der Waals surface area contributed by atoms with E-state index >= 15 is 0 Å². The Morgan fingerprint density at radius 1 is 0.725 bits per heavy atom. The molecule has 0 saturated heterocycles. The molecule has 0 aliphatic carbocycles. The van der Waals surface area contributed by atoms with Gasteiger partial charge in [-0.05, 0) is 76.2 Å². The zero-order valence-electron chi connectivity index (χ0n) is 29.2. The highest BCUT2D eigenvalue weighted by Crippen LogP contribution is 2.33. The van der Waals surface area contributed by atoms with Crippen molar-refractivity contribution in [2.45, 2.75) is 47.6 Å². The number of ketones is 2. The number of benzene rings is 5. The minimum absolute atomic E-state index is 0. The maximum Gasteiger partial charge on any atom is 0.193 e. The van der Waals surface area contributed by atoms with Crippen molar-refractivity contribution < 1.29 is 39.5 Å². The third-order valence-corrected chi connectivity index (χ3v) is 7.71. The van der Waals surface area contributed by atoms with Crippen LogP contribution < -0.4 is 14.8 Å². The molecule has 270 valence electrons. The molecule has 5 rings (SSSR count). The first-order chi connectivity index (χ1) is 23.9. The summed E-state index contributed by atoms with van der Waals surface area (Å²) in [7, 11) is 3.37. The zero-order chi connectivity index (χ0) is 36.8. The van der Waals surface area contributed by atoms with E-state index in [1.54, 1.807) is 25.1 Å². The number of carbonyl (C=O) groups is 2. The SMILES string of the molecule is C.CNCCC(Oc1ccccc1C)c1ccccc1.COc1cc(O)c(C(C)=O)c(O)c1.Cc1ccc(C(=O)c2cc(C)c(O)c(O)c2)cc1. The van der Waals surface area contributed by atoms with Crippen molar-refractivity contribution in [1.82, 2.24) is 5.32 Å². The molecule has 51 heavy (non-hydrogen) atoms. The number of ether oxygens (including phenoxy) is 2. The third-order valence-electron chi connectivity index (χ3n) is 7.71. The first kappa shape index (κ1) is 41.4. The lowest BCUT2D eigenvalue weighted by atomic mass is 10.00. The van der Waals surface area contributed by atoms with Gasteiger partial charge >= 0.3 is 0 Å². The number of hydrogen-bond acceptors (Lipinski definition) is 9. The molecule has 0 bridgehead atoms. The van der Waals surface area contributed by atoms with Gasteiger partial charge in [0.1, 0.15) is 34.7 Å². The molecule has 0 radical (unpaired) electrons. The summed E-state index contributed by atoms with van der Waals surface area (Å²) in [5.74, 6) is -0.298.